The zero-order valence-corrected chi connectivity index (χ0v) is 10.4. The monoisotopic (exact) mass is 304 g/mol. The maximum Gasteiger partial charge on any atom is 0.320 e. The van der Waals surface area contributed by atoms with Gasteiger partial charge in [-0.2, -0.15) is 13.9 Å². The lowest BCUT2D eigenvalue weighted by molar-refractivity contribution is -0.122. The van der Waals surface area contributed by atoms with Gasteiger partial charge < -0.3 is 5.73 Å². The first-order valence-corrected chi connectivity index (χ1v) is 6.55. The molecule has 0 fully saturated rings. The third-order valence-corrected chi connectivity index (χ3v) is 3.45. The van der Waals surface area contributed by atoms with Crippen LogP contribution in [0.5, 0.6) is 0 Å². The standard InChI is InChI=1S/C8H12F4N4O2S/c9-7(10)8(11,12)5-15-19(17,18)6-3-14-16(4-6)2-1-13/h3-4,7,15H,1-2,5,13H2. The maximum absolute atomic E-state index is 12.6. The van der Waals surface area contributed by atoms with Gasteiger partial charge in [-0.05, 0) is 0 Å². The zero-order chi connectivity index (χ0) is 14.7. The molecule has 11 heteroatoms. The summed E-state index contributed by atoms with van der Waals surface area (Å²) >= 11 is 0. The Hall–Kier alpha value is -1.20. The van der Waals surface area contributed by atoms with E-state index in [-0.39, 0.29) is 13.1 Å². The summed E-state index contributed by atoms with van der Waals surface area (Å²) in [5.74, 6) is -4.43. The van der Waals surface area contributed by atoms with Crippen LogP contribution in [0.4, 0.5) is 17.6 Å². The summed E-state index contributed by atoms with van der Waals surface area (Å²) in [7, 11) is -4.31. The average Bonchev–Trinajstić information content (AvgIpc) is 2.76. The van der Waals surface area contributed by atoms with Gasteiger partial charge in [0.05, 0.1) is 19.3 Å². The molecule has 0 spiro atoms. The molecular formula is C8H12F4N4O2S. The van der Waals surface area contributed by atoms with Crippen LogP contribution < -0.4 is 10.5 Å². The largest absolute Gasteiger partial charge is 0.329 e. The summed E-state index contributed by atoms with van der Waals surface area (Å²) < 4.78 is 74.7. The minimum absolute atomic E-state index is 0.206. The molecule has 0 unspecified atom stereocenters. The van der Waals surface area contributed by atoms with E-state index in [1.165, 1.54) is 9.40 Å². The highest BCUT2D eigenvalue weighted by molar-refractivity contribution is 7.89. The van der Waals surface area contributed by atoms with Crippen LogP contribution in [-0.2, 0) is 16.6 Å². The van der Waals surface area contributed by atoms with Gasteiger partial charge in [-0.15, -0.1) is 0 Å². The van der Waals surface area contributed by atoms with Crippen LogP contribution in [-0.4, -0.2) is 43.6 Å². The molecule has 3 N–H and O–H groups in total. The molecule has 19 heavy (non-hydrogen) atoms. The van der Waals surface area contributed by atoms with Crippen molar-refractivity contribution in [1.82, 2.24) is 14.5 Å². The number of rotatable bonds is 7. The van der Waals surface area contributed by atoms with Crippen LogP contribution in [0.1, 0.15) is 0 Å². The maximum atomic E-state index is 12.6. The van der Waals surface area contributed by atoms with Gasteiger partial charge in [0, 0.05) is 12.7 Å². The van der Waals surface area contributed by atoms with E-state index in [1.807, 2.05) is 0 Å². The highest BCUT2D eigenvalue weighted by Crippen LogP contribution is 2.22. The summed E-state index contributed by atoms with van der Waals surface area (Å²) in [6, 6.07) is 0. The van der Waals surface area contributed by atoms with Crippen molar-refractivity contribution < 1.29 is 26.0 Å². The van der Waals surface area contributed by atoms with Crippen molar-refractivity contribution in [2.24, 2.45) is 5.73 Å². The van der Waals surface area contributed by atoms with E-state index in [1.54, 1.807) is 0 Å². The highest BCUT2D eigenvalue weighted by Gasteiger charge is 2.41. The highest BCUT2D eigenvalue weighted by atomic mass is 32.2. The van der Waals surface area contributed by atoms with Crippen LogP contribution in [0, 0.1) is 0 Å². The lowest BCUT2D eigenvalue weighted by Crippen LogP contribution is -2.41. The molecule has 0 saturated heterocycles. The van der Waals surface area contributed by atoms with Gasteiger partial charge in [0.25, 0.3) is 0 Å². The molecule has 0 radical (unpaired) electrons. The lowest BCUT2D eigenvalue weighted by Gasteiger charge is -2.15. The molecule has 1 rings (SSSR count). The molecule has 0 aliphatic heterocycles. The molecule has 0 atom stereocenters. The molecule has 1 aromatic heterocycles. The molecular weight excluding hydrogens is 292 g/mol. The fourth-order valence-electron chi connectivity index (χ4n) is 1.09. The molecule has 0 aliphatic carbocycles. The van der Waals surface area contributed by atoms with Crippen molar-refractivity contribution in [3.8, 4) is 0 Å². The Bertz CT molecular complexity index is 517. The summed E-state index contributed by atoms with van der Waals surface area (Å²) in [5.41, 5.74) is 5.22. The Morgan fingerprint density at radius 2 is 2.11 bits per heavy atom. The summed E-state index contributed by atoms with van der Waals surface area (Å²) in [5, 5.41) is 3.63. The Morgan fingerprint density at radius 3 is 2.63 bits per heavy atom. The predicted molar refractivity (Wildman–Crippen MR) is 57.4 cm³/mol. The van der Waals surface area contributed by atoms with Crippen molar-refractivity contribution in [2.75, 3.05) is 13.1 Å². The van der Waals surface area contributed by atoms with Crippen LogP contribution in [0.2, 0.25) is 0 Å². The fraction of sp³-hybridized carbons (Fsp3) is 0.625. The summed E-state index contributed by atoms with van der Waals surface area (Å²) in [4.78, 5) is -0.397. The third kappa shape index (κ3) is 4.14. The molecule has 0 aromatic carbocycles. The van der Waals surface area contributed by atoms with E-state index < -0.39 is 33.8 Å². The zero-order valence-electron chi connectivity index (χ0n) is 9.56. The average molecular weight is 304 g/mol. The predicted octanol–water partition coefficient (Wildman–Crippen LogP) is 0.0205. The smallest absolute Gasteiger partial charge is 0.320 e. The van der Waals surface area contributed by atoms with E-state index in [0.29, 0.717) is 0 Å². The summed E-state index contributed by atoms with van der Waals surface area (Å²) in [6.45, 7) is -1.24. The van der Waals surface area contributed by atoms with Crippen molar-refractivity contribution in [2.45, 2.75) is 23.8 Å². The first-order chi connectivity index (χ1) is 8.69. The van der Waals surface area contributed by atoms with Crippen molar-refractivity contribution in [1.29, 1.82) is 0 Å². The second kappa shape index (κ2) is 5.84. The molecule has 0 aliphatic rings. The van der Waals surface area contributed by atoms with Gasteiger partial charge in [0.15, 0.2) is 0 Å². The first-order valence-electron chi connectivity index (χ1n) is 5.07. The molecule has 0 amide bonds. The molecule has 0 saturated carbocycles. The number of nitrogens with two attached hydrogens (primary N) is 1. The lowest BCUT2D eigenvalue weighted by atomic mass is 10.4. The van der Waals surface area contributed by atoms with Crippen LogP contribution in [0.3, 0.4) is 0 Å². The molecule has 1 aromatic rings. The van der Waals surface area contributed by atoms with Gasteiger partial charge in [0.2, 0.25) is 10.0 Å². The Labute approximate surface area is 106 Å². The van der Waals surface area contributed by atoms with E-state index in [2.05, 4.69) is 5.10 Å². The summed E-state index contributed by atoms with van der Waals surface area (Å²) in [6.07, 6.45) is -1.97. The quantitative estimate of drug-likeness (QED) is 0.695. The fourth-order valence-corrected chi connectivity index (χ4v) is 2.09. The Morgan fingerprint density at radius 1 is 1.47 bits per heavy atom. The van der Waals surface area contributed by atoms with Crippen molar-refractivity contribution >= 4 is 10.0 Å². The SMILES string of the molecule is NCCn1cc(S(=O)(=O)NCC(F)(F)C(F)F)cn1. The van der Waals surface area contributed by atoms with Crippen LogP contribution in [0.25, 0.3) is 0 Å². The Kier molecular flexibility index (Phi) is 4.87. The van der Waals surface area contributed by atoms with Crippen LogP contribution >= 0.6 is 0 Å². The van der Waals surface area contributed by atoms with Crippen molar-refractivity contribution in [3.63, 3.8) is 0 Å². The number of nitrogens with one attached hydrogen (secondary N) is 1. The number of sulfonamides is 1. The number of alkyl halides is 4. The van der Waals surface area contributed by atoms with E-state index in [9.17, 15) is 26.0 Å². The number of hydrogen-bond acceptors (Lipinski definition) is 4. The minimum Gasteiger partial charge on any atom is -0.329 e. The first kappa shape index (κ1) is 15.9. The van der Waals surface area contributed by atoms with E-state index >= 15 is 0 Å². The van der Waals surface area contributed by atoms with Crippen molar-refractivity contribution in [3.05, 3.63) is 12.4 Å². The number of aromatic nitrogens is 2. The molecule has 6 nitrogen and oxygen atoms in total. The van der Waals surface area contributed by atoms with Gasteiger partial charge >= 0.3 is 12.3 Å². The second-order valence-corrected chi connectivity index (χ2v) is 5.38. The number of halogens is 4. The third-order valence-electron chi connectivity index (χ3n) is 2.10. The minimum atomic E-state index is -4.43. The second-order valence-electron chi connectivity index (χ2n) is 3.61. The Balaban J connectivity index is 2.75. The number of nitrogens with zero attached hydrogens (tertiary/aromatic N) is 2. The molecule has 0 bridgehead atoms. The number of hydrogen-bond donors (Lipinski definition) is 2. The molecule has 1 heterocycles. The van der Waals surface area contributed by atoms with Gasteiger partial charge in [-0.25, -0.2) is 21.9 Å². The topological polar surface area (TPSA) is 90.0 Å². The van der Waals surface area contributed by atoms with E-state index in [4.69, 9.17) is 5.73 Å². The molecule has 110 valence electrons. The van der Waals surface area contributed by atoms with Gasteiger partial charge in [-0.3, -0.25) is 4.68 Å². The van der Waals surface area contributed by atoms with E-state index in [0.717, 1.165) is 12.4 Å². The van der Waals surface area contributed by atoms with Gasteiger partial charge in [-0.1, -0.05) is 0 Å². The normalized spacial score (nSPS) is 13.2. The van der Waals surface area contributed by atoms with Gasteiger partial charge in [0.1, 0.15) is 4.90 Å². The van der Waals surface area contributed by atoms with Crippen LogP contribution in [0.15, 0.2) is 17.3 Å².